The van der Waals surface area contributed by atoms with Crippen LogP contribution in [-0.2, 0) is 9.57 Å². The van der Waals surface area contributed by atoms with E-state index in [1.165, 1.54) is 27.5 Å². The second kappa shape index (κ2) is 14.8. The standard InChI is InChI=1S/C28H32Br2N2O11/c1-5-6-7-8-9-43-31-10-14(11-33)32-27(34)17-15(21-25(41-12-39-21)23(36-2)19(17)29)16-18(28(35)38-4)20(30)24(37-3)26-22(16)40-13-42-26/h10,14,33H,5-9,11-13H2,1-4H3,(H,32,34)/b31-10+. The number of hydrogen-bond acceptors (Lipinski definition) is 12. The normalized spacial score (nSPS) is 13.7. The van der Waals surface area contributed by atoms with E-state index in [4.69, 9.17) is 38.0 Å². The molecule has 0 fully saturated rings. The van der Waals surface area contributed by atoms with E-state index < -0.39 is 24.5 Å². The average Bonchev–Trinajstić information content (AvgIpc) is 3.69. The Morgan fingerprint density at radius 2 is 1.47 bits per heavy atom. The molecule has 0 saturated carbocycles. The topological polar surface area (TPSA) is 153 Å². The molecule has 15 heteroatoms. The van der Waals surface area contributed by atoms with E-state index in [9.17, 15) is 14.7 Å². The summed E-state index contributed by atoms with van der Waals surface area (Å²) < 4.78 is 39.6. The van der Waals surface area contributed by atoms with Gasteiger partial charge >= 0.3 is 5.97 Å². The number of methoxy groups -OCH3 is 3. The van der Waals surface area contributed by atoms with Crippen LogP contribution in [0.3, 0.4) is 0 Å². The van der Waals surface area contributed by atoms with Crippen molar-refractivity contribution in [1.82, 2.24) is 5.32 Å². The van der Waals surface area contributed by atoms with Crippen LogP contribution in [0.1, 0.15) is 53.3 Å². The number of ether oxygens (including phenoxy) is 7. The maximum Gasteiger partial charge on any atom is 0.339 e. The number of rotatable bonds is 14. The van der Waals surface area contributed by atoms with Crippen molar-refractivity contribution in [3.05, 3.63) is 20.1 Å². The van der Waals surface area contributed by atoms with Crippen LogP contribution in [0.15, 0.2) is 14.1 Å². The van der Waals surface area contributed by atoms with Gasteiger partial charge in [-0.1, -0.05) is 24.9 Å². The SMILES string of the molecule is CCCCCCO/N=C/C(CO)NC(=O)c1c(Br)c(OC)c2c(c1-c1c3c(c(OC)c(Br)c1C(=O)OC)OCO3)OCO2. The molecule has 1 atom stereocenters. The number of carbonyl (C=O) groups is 2. The molecule has 13 nitrogen and oxygen atoms in total. The predicted octanol–water partition coefficient (Wildman–Crippen LogP) is 4.81. The number of esters is 1. The molecule has 2 aromatic carbocycles. The lowest BCUT2D eigenvalue weighted by Gasteiger charge is -2.22. The van der Waals surface area contributed by atoms with E-state index in [1.807, 2.05) is 0 Å². The van der Waals surface area contributed by atoms with E-state index in [1.54, 1.807) is 0 Å². The molecule has 234 valence electrons. The Morgan fingerprint density at radius 1 is 0.907 bits per heavy atom. The van der Waals surface area contributed by atoms with E-state index in [0.29, 0.717) is 6.61 Å². The molecule has 0 saturated heterocycles. The van der Waals surface area contributed by atoms with E-state index in [2.05, 4.69) is 49.3 Å². The Bertz CT molecular complexity index is 1400. The summed E-state index contributed by atoms with van der Waals surface area (Å²) in [5.74, 6) is -0.478. The van der Waals surface area contributed by atoms with Crippen LogP contribution in [0.25, 0.3) is 11.1 Å². The number of amides is 1. The van der Waals surface area contributed by atoms with Crippen LogP contribution >= 0.6 is 31.9 Å². The van der Waals surface area contributed by atoms with Gasteiger partial charge in [0, 0.05) is 11.1 Å². The lowest BCUT2D eigenvalue weighted by atomic mass is 9.91. The molecule has 0 bridgehead atoms. The van der Waals surface area contributed by atoms with Crippen molar-refractivity contribution in [2.24, 2.45) is 5.16 Å². The van der Waals surface area contributed by atoms with Crippen molar-refractivity contribution in [3.63, 3.8) is 0 Å². The Balaban J connectivity index is 1.87. The van der Waals surface area contributed by atoms with Gasteiger partial charge in [0.1, 0.15) is 6.61 Å². The van der Waals surface area contributed by atoms with E-state index >= 15 is 0 Å². The van der Waals surface area contributed by atoms with Gasteiger partial charge < -0.3 is 48.4 Å². The number of aliphatic hydroxyl groups excluding tert-OH is 1. The third kappa shape index (κ3) is 6.43. The van der Waals surface area contributed by atoms with Gasteiger partial charge in [0.15, 0.2) is 23.0 Å². The second-order valence-electron chi connectivity index (χ2n) is 9.23. The Kier molecular flexibility index (Phi) is 11.2. The minimum Gasteiger partial charge on any atom is -0.492 e. The first-order valence-corrected chi connectivity index (χ1v) is 15.0. The molecule has 0 radical (unpaired) electrons. The van der Waals surface area contributed by atoms with E-state index in [0.717, 1.165) is 25.7 Å². The fourth-order valence-corrected chi connectivity index (χ4v) is 6.04. The van der Waals surface area contributed by atoms with Crippen LogP contribution in [0.2, 0.25) is 0 Å². The number of unbranched alkanes of at least 4 members (excludes halogenated alkanes) is 3. The zero-order valence-corrected chi connectivity index (χ0v) is 27.2. The van der Waals surface area contributed by atoms with Crippen LogP contribution in [-0.4, -0.2) is 77.4 Å². The smallest absolute Gasteiger partial charge is 0.339 e. The molecule has 43 heavy (non-hydrogen) atoms. The van der Waals surface area contributed by atoms with Crippen LogP contribution < -0.4 is 33.7 Å². The number of oxime groups is 1. The number of halogens is 2. The van der Waals surface area contributed by atoms with Crippen molar-refractivity contribution in [2.75, 3.05) is 48.1 Å². The Hall–Kier alpha value is -3.43. The van der Waals surface area contributed by atoms with Crippen molar-refractivity contribution in [3.8, 4) is 45.6 Å². The number of carbonyl (C=O) groups excluding carboxylic acids is 2. The van der Waals surface area contributed by atoms with Gasteiger partial charge in [-0.2, -0.15) is 0 Å². The molecule has 2 N–H and O–H groups in total. The van der Waals surface area contributed by atoms with Gasteiger partial charge in [0.2, 0.25) is 25.1 Å². The fraction of sp³-hybridized carbons (Fsp3) is 0.464. The highest BCUT2D eigenvalue weighted by atomic mass is 79.9. The third-order valence-corrected chi connectivity index (χ3v) is 8.14. The highest BCUT2D eigenvalue weighted by Crippen LogP contribution is 2.60. The van der Waals surface area contributed by atoms with Crippen molar-refractivity contribution in [1.29, 1.82) is 0 Å². The van der Waals surface area contributed by atoms with Gasteiger partial charge in [-0.15, -0.1) is 0 Å². The zero-order chi connectivity index (χ0) is 31.1. The summed E-state index contributed by atoms with van der Waals surface area (Å²) in [6.45, 7) is 1.67. The van der Waals surface area contributed by atoms with Gasteiger partial charge in [-0.3, -0.25) is 4.79 Å². The van der Waals surface area contributed by atoms with Crippen molar-refractivity contribution < 1.29 is 52.7 Å². The monoisotopic (exact) mass is 730 g/mol. The largest absolute Gasteiger partial charge is 0.492 e. The second-order valence-corrected chi connectivity index (χ2v) is 10.8. The number of fused-ring (bicyclic) bond motifs is 2. The Labute approximate surface area is 264 Å². The number of hydrogen-bond donors (Lipinski definition) is 2. The summed E-state index contributed by atoms with van der Waals surface area (Å²) in [7, 11) is 4.03. The van der Waals surface area contributed by atoms with Crippen LogP contribution in [0.5, 0.6) is 34.5 Å². The maximum absolute atomic E-state index is 14.0. The first kappa shape index (κ1) is 32.5. The van der Waals surface area contributed by atoms with Crippen molar-refractivity contribution >= 4 is 50.0 Å². The number of nitrogens with one attached hydrogen (secondary N) is 1. The molecule has 1 unspecified atom stereocenters. The highest BCUT2D eigenvalue weighted by molar-refractivity contribution is 9.11. The molecular weight excluding hydrogens is 700 g/mol. The highest BCUT2D eigenvalue weighted by Gasteiger charge is 2.41. The average molecular weight is 732 g/mol. The molecule has 0 aromatic heterocycles. The van der Waals surface area contributed by atoms with Gasteiger partial charge in [-0.05, 0) is 44.7 Å². The molecule has 0 spiro atoms. The summed E-state index contributed by atoms with van der Waals surface area (Å²) in [4.78, 5) is 32.6. The minimum absolute atomic E-state index is 0.0200. The maximum atomic E-state index is 14.0. The molecule has 2 aliphatic heterocycles. The molecular formula is C28H32Br2N2O11. The van der Waals surface area contributed by atoms with Gasteiger partial charge in [0.05, 0.1) is 60.3 Å². The summed E-state index contributed by atoms with van der Waals surface area (Å²) >= 11 is 6.93. The molecule has 2 aromatic rings. The first-order valence-electron chi connectivity index (χ1n) is 13.4. The zero-order valence-electron chi connectivity index (χ0n) is 24.0. The number of aliphatic hydroxyl groups is 1. The van der Waals surface area contributed by atoms with Crippen molar-refractivity contribution in [2.45, 2.75) is 38.6 Å². The quantitative estimate of drug-likeness (QED) is 0.119. The van der Waals surface area contributed by atoms with E-state index in [-0.39, 0.29) is 79.3 Å². The summed E-state index contributed by atoms with van der Waals surface area (Å²) in [5.41, 5.74) is 0.188. The third-order valence-electron chi connectivity index (χ3n) is 6.62. The Morgan fingerprint density at radius 3 is 2.00 bits per heavy atom. The molecule has 2 aliphatic rings. The minimum atomic E-state index is -0.924. The predicted molar refractivity (Wildman–Crippen MR) is 161 cm³/mol. The summed E-state index contributed by atoms with van der Waals surface area (Å²) in [6, 6.07) is -0.924. The number of benzene rings is 2. The molecule has 0 aliphatic carbocycles. The summed E-state index contributed by atoms with van der Waals surface area (Å²) in [6.07, 6.45) is 5.35. The first-order chi connectivity index (χ1) is 20.8. The van der Waals surface area contributed by atoms with Gasteiger partial charge in [0.25, 0.3) is 5.91 Å². The summed E-state index contributed by atoms with van der Waals surface area (Å²) in [5, 5.41) is 16.7. The van der Waals surface area contributed by atoms with Crippen LogP contribution in [0, 0.1) is 0 Å². The lowest BCUT2D eigenvalue weighted by Crippen LogP contribution is -2.39. The fourth-order valence-electron chi connectivity index (χ4n) is 4.62. The molecule has 2 heterocycles. The molecule has 1 amide bonds. The molecule has 4 rings (SSSR count). The number of nitrogens with zero attached hydrogens (tertiary/aromatic N) is 1. The lowest BCUT2D eigenvalue weighted by molar-refractivity contribution is 0.0599. The van der Waals surface area contributed by atoms with Gasteiger partial charge in [-0.25, -0.2) is 4.79 Å². The van der Waals surface area contributed by atoms with Crippen LogP contribution in [0.4, 0.5) is 0 Å².